The summed E-state index contributed by atoms with van der Waals surface area (Å²) in [4.78, 5) is 19.7. The summed E-state index contributed by atoms with van der Waals surface area (Å²) in [7, 11) is 0. The average molecular weight is 505 g/mol. The van der Waals surface area contributed by atoms with Crippen molar-refractivity contribution in [2.24, 2.45) is 5.73 Å². The molecule has 1 saturated heterocycles. The van der Waals surface area contributed by atoms with Crippen molar-refractivity contribution in [1.82, 2.24) is 9.88 Å². The second-order valence-corrected chi connectivity index (χ2v) is 9.57. The van der Waals surface area contributed by atoms with Gasteiger partial charge >= 0.3 is 0 Å². The van der Waals surface area contributed by atoms with E-state index in [1.165, 1.54) is 0 Å². The molecule has 3 aromatic rings. The van der Waals surface area contributed by atoms with Crippen LogP contribution in [0.25, 0.3) is 11.3 Å². The first-order chi connectivity index (χ1) is 15.7. The topological polar surface area (TPSA) is 79.5 Å². The van der Waals surface area contributed by atoms with E-state index in [0.717, 1.165) is 29.7 Å². The molecule has 1 aromatic heterocycles. The number of carbonyl (C=O) groups excluding carboxylic acids is 1. The number of amides is 1. The Morgan fingerprint density at radius 2 is 1.82 bits per heavy atom. The van der Waals surface area contributed by atoms with E-state index < -0.39 is 11.8 Å². The highest BCUT2D eigenvalue weighted by atomic mass is 35.5. The Kier molecular flexibility index (Phi) is 7.27. The predicted molar refractivity (Wildman–Crippen MR) is 133 cm³/mol. The van der Waals surface area contributed by atoms with E-state index >= 15 is 0 Å². The van der Waals surface area contributed by atoms with Gasteiger partial charge in [-0.15, -0.1) is 0 Å². The van der Waals surface area contributed by atoms with Gasteiger partial charge in [0.1, 0.15) is 5.92 Å². The van der Waals surface area contributed by atoms with Crippen LogP contribution >= 0.6 is 34.8 Å². The van der Waals surface area contributed by atoms with Crippen LogP contribution < -0.4 is 5.73 Å². The minimum Gasteiger partial charge on any atom is -0.392 e. The van der Waals surface area contributed by atoms with Gasteiger partial charge in [-0.1, -0.05) is 53.0 Å². The molecule has 33 heavy (non-hydrogen) atoms. The molecule has 2 atom stereocenters. The van der Waals surface area contributed by atoms with Gasteiger partial charge in [-0.25, -0.2) is 0 Å². The Morgan fingerprint density at radius 1 is 1.15 bits per heavy atom. The van der Waals surface area contributed by atoms with Gasteiger partial charge in [0.05, 0.1) is 17.5 Å². The molecule has 1 aliphatic rings. The molecule has 1 aliphatic heterocycles. The highest BCUT2D eigenvalue weighted by Crippen LogP contribution is 2.37. The third-order valence-corrected chi connectivity index (χ3v) is 7.04. The number of halogens is 3. The van der Waals surface area contributed by atoms with E-state index in [4.69, 9.17) is 45.5 Å². The number of nitrogens with two attached hydrogens (primary N) is 1. The van der Waals surface area contributed by atoms with E-state index in [9.17, 15) is 9.90 Å². The smallest absolute Gasteiger partial charge is 0.231 e. The molecule has 0 saturated carbocycles. The van der Waals surface area contributed by atoms with Gasteiger partial charge in [-0.05, 0) is 54.8 Å². The number of β-amino-alcohol motifs (C(OH)–C–C–N with tert-alkyl or cyclic N) is 1. The van der Waals surface area contributed by atoms with Crippen LogP contribution in [0, 0.1) is 6.92 Å². The molecule has 5 nitrogen and oxygen atoms in total. The molecule has 0 bridgehead atoms. The minimum atomic E-state index is -0.923. The lowest BCUT2D eigenvalue weighted by Crippen LogP contribution is -2.25. The van der Waals surface area contributed by atoms with Gasteiger partial charge < -0.3 is 10.8 Å². The summed E-state index contributed by atoms with van der Waals surface area (Å²) in [6.45, 7) is 3.92. The monoisotopic (exact) mass is 503 g/mol. The lowest BCUT2D eigenvalue weighted by atomic mass is 9.92. The summed E-state index contributed by atoms with van der Waals surface area (Å²) in [6, 6.07) is 14.6. The third kappa shape index (κ3) is 5.18. The number of carbonyl (C=O) groups is 1. The maximum Gasteiger partial charge on any atom is 0.231 e. The lowest BCUT2D eigenvalue weighted by Gasteiger charge is -2.21. The fourth-order valence-electron chi connectivity index (χ4n) is 4.31. The molecule has 1 fully saturated rings. The van der Waals surface area contributed by atoms with Gasteiger partial charge in [-0.3, -0.25) is 14.7 Å². The first-order valence-electron chi connectivity index (χ1n) is 10.6. The number of aromatic nitrogens is 1. The number of aliphatic hydroxyl groups excluding tert-OH is 1. The molecular weight excluding hydrogens is 481 g/mol. The zero-order valence-corrected chi connectivity index (χ0v) is 20.3. The van der Waals surface area contributed by atoms with E-state index in [0.29, 0.717) is 45.1 Å². The van der Waals surface area contributed by atoms with Crippen LogP contribution in [-0.4, -0.2) is 40.1 Å². The number of primary amides is 1. The van der Waals surface area contributed by atoms with Gasteiger partial charge in [0.2, 0.25) is 5.91 Å². The first-order valence-corrected chi connectivity index (χ1v) is 11.8. The van der Waals surface area contributed by atoms with Crippen LogP contribution in [0.15, 0.2) is 48.5 Å². The van der Waals surface area contributed by atoms with Crippen molar-refractivity contribution in [3.63, 3.8) is 0 Å². The van der Waals surface area contributed by atoms with Crippen LogP contribution in [0.3, 0.4) is 0 Å². The number of likely N-dealkylation sites (tertiary alicyclic amines) is 1. The molecular formula is C25H24Cl3N3O2. The highest BCUT2D eigenvalue weighted by molar-refractivity contribution is 6.36. The Bertz CT molecular complexity index is 1180. The van der Waals surface area contributed by atoms with Crippen LogP contribution in [0.1, 0.15) is 34.7 Å². The standard InChI is InChI=1S/C25H24Cl3N3O2/c1-14-17(4-2-5-18(14)26)21-10-15(12-31-9-8-16(32)13-31)11-22(30-21)24(25(29)33)23-19(27)6-3-7-20(23)28/h2-7,10-11,16,24,32H,8-9,12-13H2,1H3,(H2,29,33). The maximum absolute atomic E-state index is 12.7. The summed E-state index contributed by atoms with van der Waals surface area (Å²) in [5.74, 6) is -1.52. The molecule has 2 aromatic carbocycles. The number of hydrogen-bond acceptors (Lipinski definition) is 4. The molecule has 3 N–H and O–H groups in total. The second kappa shape index (κ2) is 10.00. The fraction of sp³-hybridized carbons (Fsp3) is 0.280. The van der Waals surface area contributed by atoms with Crippen molar-refractivity contribution in [3.8, 4) is 11.3 Å². The Balaban J connectivity index is 1.88. The van der Waals surface area contributed by atoms with Crippen LogP contribution in [0.2, 0.25) is 15.1 Å². The maximum atomic E-state index is 12.7. The Morgan fingerprint density at radius 3 is 2.45 bits per heavy atom. The van der Waals surface area contributed by atoms with Crippen molar-refractivity contribution < 1.29 is 9.90 Å². The first kappa shape index (κ1) is 24.0. The molecule has 0 spiro atoms. The SMILES string of the molecule is Cc1c(Cl)cccc1-c1cc(CN2CCC(O)C2)cc(C(C(N)=O)c2c(Cl)cccc2Cl)n1. The highest BCUT2D eigenvalue weighted by Gasteiger charge is 2.28. The summed E-state index contributed by atoms with van der Waals surface area (Å²) >= 11 is 19.3. The summed E-state index contributed by atoms with van der Waals surface area (Å²) in [5.41, 5.74) is 10.1. The van der Waals surface area contributed by atoms with E-state index in [1.807, 2.05) is 37.3 Å². The van der Waals surface area contributed by atoms with Gasteiger partial charge in [0, 0.05) is 45.8 Å². The Labute approximate surface area is 208 Å². The number of nitrogens with zero attached hydrogens (tertiary/aromatic N) is 2. The summed E-state index contributed by atoms with van der Waals surface area (Å²) in [6.07, 6.45) is 0.401. The molecule has 1 amide bonds. The minimum absolute atomic E-state index is 0.332. The normalized spacial score (nSPS) is 17.3. The van der Waals surface area contributed by atoms with Crippen LogP contribution in [-0.2, 0) is 11.3 Å². The number of aliphatic hydroxyl groups is 1. The van der Waals surface area contributed by atoms with Gasteiger partial charge in [-0.2, -0.15) is 0 Å². The van der Waals surface area contributed by atoms with Crippen molar-refractivity contribution >= 4 is 40.7 Å². The number of hydrogen-bond donors (Lipinski definition) is 2. The van der Waals surface area contributed by atoms with E-state index in [1.54, 1.807) is 18.2 Å². The quantitative estimate of drug-likeness (QED) is 0.483. The fourth-order valence-corrected chi connectivity index (χ4v) is 5.10. The largest absolute Gasteiger partial charge is 0.392 e. The van der Waals surface area contributed by atoms with Crippen molar-refractivity contribution in [2.45, 2.75) is 31.9 Å². The third-order valence-electron chi connectivity index (χ3n) is 5.97. The number of benzene rings is 2. The van der Waals surface area contributed by atoms with Crippen molar-refractivity contribution in [3.05, 3.63) is 86.0 Å². The van der Waals surface area contributed by atoms with Gasteiger partial charge in [0.25, 0.3) is 0 Å². The number of pyridine rings is 1. The van der Waals surface area contributed by atoms with Crippen molar-refractivity contribution in [2.75, 3.05) is 13.1 Å². The van der Waals surface area contributed by atoms with E-state index in [2.05, 4.69) is 4.90 Å². The van der Waals surface area contributed by atoms with Crippen LogP contribution in [0.5, 0.6) is 0 Å². The zero-order valence-electron chi connectivity index (χ0n) is 18.1. The average Bonchev–Trinajstić information content (AvgIpc) is 3.16. The van der Waals surface area contributed by atoms with Crippen LogP contribution in [0.4, 0.5) is 0 Å². The number of rotatable bonds is 6. The summed E-state index contributed by atoms with van der Waals surface area (Å²) in [5, 5.41) is 11.3. The predicted octanol–water partition coefficient (Wildman–Crippen LogP) is 5.20. The molecule has 172 valence electrons. The summed E-state index contributed by atoms with van der Waals surface area (Å²) < 4.78 is 0. The molecule has 0 aliphatic carbocycles. The molecule has 4 rings (SSSR count). The lowest BCUT2D eigenvalue weighted by molar-refractivity contribution is -0.118. The van der Waals surface area contributed by atoms with Crippen molar-refractivity contribution in [1.29, 1.82) is 0 Å². The molecule has 8 heteroatoms. The van der Waals surface area contributed by atoms with Gasteiger partial charge in [0.15, 0.2) is 0 Å². The second-order valence-electron chi connectivity index (χ2n) is 8.35. The molecule has 2 heterocycles. The molecule has 2 unspecified atom stereocenters. The molecule has 0 radical (unpaired) electrons. The Hall–Kier alpha value is -2.15. The zero-order chi connectivity index (χ0) is 23.7. The van der Waals surface area contributed by atoms with E-state index in [-0.39, 0.29) is 6.10 Å².